The van der Waals surface area contributed by atoms with E-state index in [9.17, 15) is 8.78 Å². The second-order valence-electron chi connectivity index (χ2n) is 7.93. The third-order valence-electron chi connectivity index (χ3n) is 6.55. The first-order chi connectivity index (χ1) is 13.4. The first-order valence-corrected chi connectivity index (χ1v) is 9.10. The molecule has 2 aromatic heterocycles. The molecular weight excluding hydrogens is 366 g/mol. The second kappa shape index (κ2) is 5.56. The molecule has 2 heterocycles. The van der Waals surface area contributed by atoms with Crippen LogP contribution in [0.25, 0.3) is 11.3 Å². The average Bonchev–Trinajstić information content (AvgIpc) is 3.30. The normalized spacial score (nSPS) is 24.4. The molecule has 0 N–H and O–H groups in total. The van der Waals surface area contributed by atoms with Crippen LogP contribution in [0.15, 0.2) is 28.7 Å². The molecule has 2 aliphatic rings. The highest BCUT2D eigenvalue weighted by Gasteiger charge is 2.67. The Balaban J connectivity index is 1.71. The van der Waals surface area contributed by atoms with Crippen LogP contribution >= 0.6 is 0 Å². The fraction of sp³-hybridized carbons (Fsp3) is 0.400. The molecule has 28 heavy (non-hydrogen) atoms. The lowest BCUT2D eigenvalue weighted by atomic mass is 9.68. The van der Waals surface area contributed by atoms with E-state index in [1.165, 1.54) is 25.3 Å². The number of ether oxygens (including phenoxy) is 1. The molecule has 0 amide bonds. The number of hydrogen-bond donors (Lipinski definition) is 0. The van der Waals surface area contributed by atoms with Crippen molar-refractivity contribution in [3.8, 4) is 17.3 Å². The van der Waals surface area contributed by atoms with Gasteiger partial charge in [-0.05, 0) is 47.9 Å². The van der Waals surface area contributed by atoms with Crippen molar-refractivity contribution < 1.29 is 17.9 Å². The van der Waals surface area contributed by atoms with E-state index in [-0.39, 0.29) is 28.7 Å². The summed E-state index contributed by atoms with van der Waals surface area (Å²) in [7, 11) is 1.47. The molecular formula is C20H18F2N4O2. The zero-order chi connectivity index (χ0) is 19.7. The number of nitrogens with zero attached hydrogens (tertiary/aromatic N) is 4. The van der Waals surface area contributed by atoms with Gasteiger partial charge < -0.3 is 9.15 Å². The Hall–Kier alpha value is -2.90. The lowest BCUT2D eigenvalue weighted by Gasteiger charge is -2.34. The van der Waals surface area contributed by atoms with Crippen LogP contribution in [0, 0.1) is 17.0 Å². The molecule has 6 nitrogen and oxygen atoms in total. The highest BCUT2D eigenvalue weighted by molar-refractivity contribution is 5.63. The third-order valence-corrected chi connectivity index (χ3v) is 6.55. The van der Waals surface area contributed by atoms with Gasteiger partial charge in [0, 0.05) is 0 Å². The standard InChI is InChI=1S/C20H18F2N4O2/c1-19(2)11-7-8-20(19,17-25-26-18(27-3)28-17)16-10(11)9-14(23-24-16)15-12(21)5-4-6-13(15)22/h4-6,9,11H,7-8H2,1-3H3/t11-,20+/m0/s1. The number of fused-ring (bicyclic) bond motifs is 5. The lowest BCUT2D eigenvalue weighted by molar-refractivity contribution is 0.190. The van der Waals surface area contributed by atoms with Crippen LogP contribution in [0.2, 0.25) is 0 Å². The number of rotatable bonds is 3. The van der Waals surface area contributed by atoms with Gasteiger partial charge >= 0.3 is 6.08 Å². The summed E-state index contributed by atoms with van der Waals surface area (Å²) >= 11 is 0. The molecule has 1 saturated carbocycles. The summed E-state index contributed by atoms with van der Waals surface area (Å²) in [5.41, 5.74) is 0.828. The maximum atomic E-state index is 14.3. The SMILES string of the molecule is COc1nnc([C@@]23CC[C@@H](c4cc(-c5c(F)cccc5F)nnc42)C3(C)C)o1. The summed E-state index contributed by atoms with van der Waals surface area (Å²) in [5, 5.41) is 16.7. The summed E-state index contributed by atoms with van der Waals surface area (Å²) in [5.74, 6) is -0.736. The largest absolute Gasteiger partial charge is 0.452 e. The Morgan fingerprint density at radius 1 is 1.11 bits per heavy atom. The van der Waals surface area contributed by atoms with Crippen molar-refractivity contribution in [3.63, 3.8) is 0 Å². The third kappa shape index (κ3) is 1.95. The zero-order valence-electron chi connectivity index (χ0n) is 15.7. The number of methoxy groups -OCH3 is 1. The fourth-order valence-electron chi connectivity index (χ4n) is 5.13. The summed E-state index contributed by atoms with van der Waals surface area (Å²) in [6.07, 6.45) is 1.76. The predicted octanol–water partition coefficient (Wildman–Crippen LogP) is 4.02. The lowest BCUT2D eigenvalue weighted by Crippen LogP contribution is -2.37. The van der Waals surface area contributed by atoms with Gasteiger partial charge in [-0.3, -0.25) is 0 Å². The molecule has 144 valence electrons. The van der Waals surface area contributed by atoms with E-state index < -0.39 is 17.0 Å². The van der Waals surface area contributed by atoms with E-state index in [0.717, 1.165) is 24.1 Å². The number of hydrogen-bond acceptors (Lipinski definition) is 6. The first kappa shape index (κ1) is 17.2. The summed E-state index contributed by atoms with van der Waals surface area (Å²) < 4.78 is 39.3. The first-order valence-electron chi connectivity index (χ1n) is 9.10. The fourth-order valence-corrected chi connectivity index (χ4v) is 5.13. The van der Waals surface area contributed by atoms with Crippen molar-refractivity contribution in [2.45, 2.75) is 38.0 Å². The van der Waals surface area contributed by atoms with Gasteiger partial charge in [0.05, 0.1) is 29.5 Å². The van der Waals surface area contributed by atoms with E-state index >= 15 is 0 Å². The van der Waals surface area contributed by atoms with Crippen LogP contribution in [-0.2, 0) is 5.41 Å². The molecule has 3 aromatic rings. The van der Waals surface area contributed by atoms with E-state index in [1.54, 1.807) is 6.07 Å². The van der Waals surface area contributed by atoms with Gasteiger partial charge in [-0.25, -0.2) is 8.78 Å². The zero-order valence-corrected chi connectivity index (χ0v) is 15.7. The molecule has 1 fully saturated rings. The average molecular weight is 384 g/mol. The van der Waals surface area contributed by atoms with Crippen LogP contribution < -0.4 is 4.74 Å². The minimum absolute atomic E-state index is 0.0927. The smallest absolute Gasteiger partial charge is 0.414 e. The molecule has 2 aliphatic carbocycles. The van der Waals surface area contributed by atoms with Gasteiger partial charge in [0.25, 0.3) is 0 Å². The van der Waals surface area contributed by atoms with Crippen molar-refractivity contribution in [1.82, 2.24) is 20.4 Å². The molecule has 1 aromatic carbocycles. The Morgan fingerprint density at radius 2 is 1.86 bits per heavy atom. The molecule has 0 radical (unpaired) electrons. The topological polar surface area (TPSA) is 73.9 Å². The van der Waals surface area contributed by atoms with Crippen LogP contribution in [-0.4, -0.2) is 27.5 Å². The van der Waals surface area contributed by atoms with Gasteiger partial charge in [-0.1, -0.05) is 25.0 Å². The molecule has 0 saturated heterocycles. The number of benzene rings is 1. The van der Waals surface area contributed by atoms with E-state index in [2.05, 4.69) is 34.2 Å². The quantitative estimate of drug-likeness (QED) is 0.679. The Bertz CT molecular complexity index is 1080. The highest BCUT2D eigenvalue weighted by Crippen LogP contribution is 2.69. The van der Waals surface area contributed by atoms with Gasteiger partial charge in [0.1, 0.15) is 11.6 Å². The molecule has 2 bridgehead atoms. The van der Waals surface area contributed by atoms with Crippen molar-refractivity contribution >= 4 is 0 Å². The Labute approximate surface area is 160 Å². The van der Waals surface area contributed by atoms with Crippen LogP contribution in [0.3, 0.4) is 0 Å². The maximum Gasteiger partial charge on any atom is 0.414 e. The van der Waals surface area contributed by atoms with Crippen molar-refractivity contribution in [2.75, 3.05) is 7.11 Å². The number of aromatic nitrogens is 4. The van der Waals surface area contributed by atoms with E-state index in [1.807, 2.05) is 0 Å². The van der Waals surface area contributed by atoms with Gasteiger partial charge in [0.2, 0.25) is 5.89 Å². The molecule has 0 aliphatic heterocycles. The summed E-state index contributed by atoms with van der Waals surface area (Å²) in [6.45, 7) is 4.26. The predicted molar refractivity (Wildman–Crippen MR) is 94.8 cm³/mol. The summed E-state index contributed by atoms with van der Waals surface area (Å²) in [6, 6.07) is 5.52. The Kier molecular flexibility index (Phi) is 3.42. The van der Waals surface area contributed by atoms with Gasteiger partial charge in [-0.2, -0.15) is 5.10 Å². The number of halogens is 2. The van der Waals surface area contributed by atoms with E-state index in [0.29, 0.717) is 5.89 Å². The molecule has 5 rings (SSSR count). The van der Waals surface area contributed by atoms with E-state index in [4.69, 9.17) is 9.15 Å². The molecule has 0 unspecified atom stereocenters. The Morgan fingerprint density at radius 3 is 2.54 bits per heavy atom. The van der Waals surface area contributed by atoms with Gasteiger partial charge in [-0.15, -0.1) is 10.2 Å². The van der Waals surface area contributed by atoms with Crippen LogP contribution in [0.5, 0.6) is 6.08 Å². The van der Waals surface area contributed by atoms with Crippen molar-refractivity contribution in [3.05, 3.63) is 53.0 Å². The monoisotopic (exact) mass is 384 g/mol. The maximum absolute atomic E-state index is 14.3. The van der Waals surface area contributed by atoms with Crippen molar-refractivity contribution in [1.29, 1.82) is 0 Å². The molecule has 0 spiro atoms. The van der Waals surface area contributed by atoms with Gasteiger partial charge in [0.15, 0.2) is 0 Å². The molecule has 8 heteroatoms. The second-order valence-corrected chi connectivity index (χ2v) is 7.93. The van der Waals surface area contributed by atoms with Crippen molar-refractivity contribution in [2.24, 2.45) is 5.41 Å². The van der Waals surface area contributed by atoms with Crippen LogP contribution in [0.4, 0.5) is 8.78 Å². The minimum atomic E-state index is -0.659. The van der Waals surface area contributed by atoms with Crippen LogP contribution in [0.1, 0.15) is 49.8 Å². The highest BCUT2D eigenvalue weighted by atomic mass is 19.1. The minimum Gasteiger partial charge on any atom is -0.452 e. The molecule has 2 atom stereocenters. The summed E-state index contributed by atoms with van der Waals surface area (Å²) in [4.78, 5) is 0.